The first-order chi connectivity index (χ1) is 14.2. The molecule has 1 N–H and O–H groups in total. The maximum Gasteiger partial charge on any atom is 0.261 e. The van der Waals surface area contributed by atoms with Gasteiger partial charge < -0.3 is 14.8 Å². The van der Waals surface area contributed by atoms with E-state index in [4.69, 9.17) is 9.47 Å². The number of nitrogens with zero attached hydrogens (tertiary/aromatic N) is 1. The first kappa shape index (κ1) is 21.2. The van der Waals surface area contributed by atoms with Gasteiger partial charge in [0.15, 0.2) is 6.10 Å². The second-order valence-corrected chi connectivity index (χ2v) is 7.51. The van der Waals surface area contributed by atoms with Gasteiger partial charge in [-0.1, -0.05) is 37.6 Å². The van der Waals surface area contributed by atoms with E-state index >= 15 is 0 Å². The third kappa shape index (κ3) is 6.23. The van der Waals surface area contributed by atoms with Crippen LogP contribution in [0.25, 0.3) is 0 Å². The van der Waals surface area contributed by atoms with Crippen LogP contribution in [0.4, 0.5) is 0 Å². The average Bonchev–Trinajstić information content (AvgIpc) is 2.77. The van der Waals surface area contributed by atoms with Gasteiger partial charge in [0, 0.05) is 13.1 Å². The van der Waals surface area contributed by atoms with E-state index in [1.165, 1.54) is 30.4 Å². The predicted octanol–water partition coefficient (Wildman–Crippen LogP) is 4.15. The Morgan fingerprint density at radius 3 is 2.31 bits per heavy atom. The zero-order valence-corrected chi connectivity index (χ0v) is 17.5. The molecule has 5 heteroatoms. The fraction of sp³-hybridized carbons (Fsp3) is 0.458. The van der Waals surface area contributed by atoms with Gasteiger partial charge in [0.05, 0.1) is 7.11 Å². The summed E-state index contributed by atoms with van der Waals surface area (Å²) in [7, 11) is 1.63. The van der Waals surface area contributed by atoms with E-state index in [2.05, 4.69) is 28.4 Å². The molecule has 0 spiro atoms. The molecule has 1 aliphatic heterocycles. The number of amides is 1. The van der Waals surface area contributed by atoms with Gasteiger partial charge >= 0.3 is 0 Å². The number of hydrogen-bond donors (Lipinski definition) is 1. The highest BCUT2D eigenvalue weighted by molar-refractivity contribution is 5.81. The first-order valence-electron chi connectivity index (χ1n) is 10.6. The Morgan fingerprint density at radius 2 is 1.66 bits per heavy atom. The number of likely N-dealkylation sites (tertiary alicyclic amines) is 1. The fourth-order valence-electron chi connectivity index (χ4n) is 3.68. The number of hydrogen-bond acceptors (Lipinski definition) is 4. The van der Waals surface area contributed by atoms with Crippen molar-refractivity contribution in [2.24, 2.45) is 0 Å². The molecule has 0 unspecified atom stereocenters. The van der Waals surface area contributed by atoms with Crippen molar-refractivity contribution in [3.05, 3.63) is 59.7 Å². The second kappa shape index (κ2) is 10.9. The number of nitrogens with one attached hydrogen (secondary N) is 1. The Hall–Kier alpha value is -2.53. The highest BCUT2D eigenvalue weighted by Gasteiger charge is 2.19. The highest BCUT2D eigenvalue weighted by Crippen LogP contribution is 2.19. The van der Waals surface area contributed by atoms with Crippen molar-refractivity contribution in [3.63, 3.8) is 0 Å². The summed E-state index contributed by atoms with van der Waals surface area (Å²) < 4.78 is 11.1. The van der Waals surface area contributed by atoms with E-state index in [0.717, 1.165) is 25.4 Å². The Labute approximate surface area is 174 Å². The molecule has 3 rings (SSSR count). The smallest absolute Gasteiger partial charge is 0.261 e. The summed E-state index contributed by atoms with van der Waals surface area (Å²) in [4.78, 5) is 15.2. The molecular formula is C24H32N2O3. The molecule has 0 aliphatic carbocycles. The number of methoxy groups -OCH3 is 1. The molecule has 1 heterocycles. The van der Waals surface area contributed by atoms with Crippen molar-refractivity contribution >= 4 is 5.91 Å². The molecule has 1 aliphatic rings. The van der Waals surface area contributed by atoms with E-state index in [0.29, 0.717) is 18.7 Å². The average molecular weight is 397 g/mol. The van der Waals surface area contributed by atoms with Crippen molar-refractivity contribution in [3.8, 4) is 11.5 Å². The number of carbonyl (C=O) groups excluding carboxylic acids is 1. The van der Waals surface area contributed by atoms with Gasteiger partial charge in [0.1, 0.15) is 11.5 Å². The SMILES string of the molecule is CC[C@@H](Oc1ccc(OC)cc1)C(=O)NCc1ccccc1CN1CCCCC1. The topological polar surface area (TPSA) is 50.8 Å². The third-order valence-electron chi connectivity index (χ3n) is 5.42. The van der Waals surface area contributed by atoms with Gasteiger partial charge in [-0.3, -0.25) is 9.69 Å². The van der Waals surface area contributed by atoms with Crippen molar-refractivity contribution in [2.75, 3.05) is 20.2 Å². The normalized spacial score (nSPS) is 15.5. The van der Waals surface area contributed by atoms with Crippen LogP contribution in [-0.2, 0) is 17.9 Å². The lowest BCUT2D eigenvalue weighted by atomic mass is 10.0. The lowest BCUT2D eigenvalue weighted by molar-refractivity contribution is -0.128. The van der Waals surface area contributed by atoms with Gasteiger partial charge in [0.2, 0.25) is 0 Å². The Bertz CT molecular complexity index is 770. The van der Waals surface area contributed by atoms with Crippen LogP contribution >= 0.6 is 0 Å². The minimum Gasteiger partial charge on any atom is -0.497 e. The lowest BCUT2D eigenvalue weighted by Gasteiger charge is -2.27. The van der Waals surface area contributed by atoms with E-state index in [1.807, 2.05) is 37.3 Å². The van der Waals surface area contributed by atoms with Crippen molar-refractivity contribution in [1.82, 2.24) is 10.2 Å². The zero-order valence-electron chi connectivity index (χ0n) is 17.5. The molecule has 1 fully saturated rings. The molecule has 29 heavy (non-hydrogen) atoms. The summed E-state index contributed by atoms with van der Waals surface area (Å²) in [5, 5.41) is 3.06. The summed E-state index contributed by atoms with van der Waals surface area (Å²) in [6.45, 7) is 5.75. The standard InChI is InChI=1S/C24H32N2O3/c1-3-23(29-22-13-11-21(28-2)12-14-22)24(27)25-17-19-9-5-6-10-20(19)18-26-15-7-4-8-16-26/h5-6,9-14,23H,3-4,7-8,15-18H2,1-2H3,(H,25,27)/t23-/m1/s1. The van der Waals surface area contributed by atoms with Crippen LogP contribution in [0.3, 0.4) is 0 Å². The minimum absolute atomic E-state index is 0.0870. The summed E-state index contributed by atoms with van der Waals surface area (Å²) in [5.74, 6) is 1.34. The molecular weight excluding hydrogens is 364 g/mol. The summed E-state index contributed by atoms with van der Waals surface area (Å²) >= 11 is 0. The van der Waals surface area contributed by atoms with Crippen molar-refractivity contribution in [1.29, 1.82) is 0 Å². The molecule has 2 aromatic rings. The quantitative estimate of drug-likeness (QED) is 0.692. The molecule has 0 saturated carbocycles. The fourth-order valence-corrected chi connectivity index (χ4v) is 3.68. The highest BCUT2D eigenvalue weighted by atomic mass is 16.5. The second-order valence-electron chi connectivity index (χ2n) is 7.51. The van der Waals surface area contributed by atoms with E-state index < -0.39 is 6.10 Å². The van der Waals surface area contributed by atoms with Gasteiger partial charge in [0.25, 0.3) is 5.91 Å². The maximum atomic E-state index is 12.7. The monoisotopic (exact) mass is 396 g/mol. The van der Waals surface area contributed by atoms with Crippen LogP contribution in [0.15, 0.2) is 48.5 Å². The largest absolute Gasteiger partial charge is 0.497 e. The Balaban J connectivity index is 1.57. The molecule has 5 nitrogen and oxygen atoms in total. The molecule has 0 aromatic heterocycles. The number of benzene rings is 2. The zero-order chi connectivity index (χ0) is 20.5. The minimum atomic E-state index is -0.516. The van der Waals surface area contributed by atoms with Crippen LogP contribution in [0, 0.1) is 0 Å². The van der Waals surface area contributed by atoms with Crippen LogP contribution in [-0.4, -0.2) is 37.1 Å². The molecule has 0 radical (unpaired) electrons. The molecule has 0 bridgehead atoms. The van der Waals surface area contributed by atoms with Crippen LogP contribution < -0.4 is 14.8 Å². The van der Waals surface area contributed by atoms with Crippen LogP contribution in [0.5, 0.6) is 11.5 Å². The summed E-state index contributed by atoms with van der Waals surface area (Å²) in [6, 6.07) is 15.7. The van der Waals surface area contributed by atoms with Gasteiger partial charge in [-0.15, -0.1) is 0 Å². The van der Waals surface area contributed by atoms with Crippen LogP contribution in [0.2, 0.25) is 0 Å². The molecule has 2 aromatic carbocycles. The number of carbonyl (C=O) groups is 1. The van der Waals surface area contributed by atoms with Gasteiger partial charge in [-0.05, 0) is 67.7 Å². The first-order valence-corrected chi connectivity index (χ1v) is 10.6. The van der Waals surface area contributed by atoms with Gasteiger partial charge in [-0.2, -0.15) is 0 Å². The number of piperidine rings is 1. The lowest BCUT2D eigenvalue weighted by Crippen LogP contribution is -2.38. The van der Waals surface area contributed by atoms with Crippen molar-refractivity contribution < 1.29 is 14.3 Å². The van der Waals surface area contributed by atoms with E-state index in [-0.39, 0.29) is 5.91 Å². The Morgan fingerprint density at radius 1 is 1.00 bits per heavy atom. The molecule has 156 valence electrons. The molecule has 1 saturated heterocycles. The van der Waals surface area contributed by atoms with Crippen molar-refractivity contribution in [2.45, 2.75) is 51.8 Å². The Kier molecular flexibility index (Phi) is 7.94. The third-order valence-corrected chi connectivity index (χ3v) is 5.42. The molecule has 1 amide bonds. The van der Waals surface area contributed by atoms with E-state index in [1.54, 1.807) is 7.11 Å². The predicted molar refractivity (Wildman–Crippen MR) is 115 cm³/mol. The van der Waals surface area contributed by atoms with Gasteiger partial charge in [-0.25, -0.2) is 0 Å². The number of ether oxygens (including phenoxy) is 2. The number of rotatable bonds is 9. The van der Waals surface area contributed by atoms with E-state index in [9.17, 15) is 4.79 Å². The summed E-state index contributed by atoms with van der Waals surface area (Å²) in [6.07, 6.45) is 3.98. The maximum absolute atomic E-state index is 12.7. The molecule has 1 atom stereocenters. The van der Waals surface area contributed by atoms with Crippen LogP contribution in [0.1, 0.15) is 43.7 Å². The summed E-state index contributed by atoms with van der Waals surface area (Å²) in [5.41, 5.74) is 2.46.